The van der Waals surface area contributed by atoms with E-state index in [1.54, 1.807) is 0 Å². The molecule has 1 saturated carbocycles. The summed E-state index contributed by atoms with van der Waals surface area (Å²) in [4.78, 5) is 14.9. The van der Waals surface area contributed by atoms with Crippen LogP contribution in [-0.2, 0) is 11.3 Å². The van der Waals surface area contributed by atoms with Crippen LogP contribution in [0.1, 0.15) is 44.1 Å². The summed E-state index contributed by atoms with van der Waals surface area (Å²) in [6.45, 7) is 2.87. The van der Waals surface area contributed by atoms with Crippen molar-refractivity contribution >= 4 is 5.91 Å². The van der Waals surface area contributed by atoms with Gasteiger partial charge in [-0.2, -0.15) is 0 Å². The Hall–Kier alpha value is -1.35. The van der Waals surface area contributed by atoms with Crippen LogP contribution in [0.4, 0.5) is 0 Å². The molecule has 1 aromatic carbocycles. The molecule has 1 atom stereocenters. The molecule has 3 rings (SSSR count). The zero-order valence-corrected chi connectivity index (χ0v) is 12.8. The van der Waals surface area contributed by atoms with E-state index in [-0.39, 0.29) is 11.9 Å². The third kappa shape index (κ3) is 3.85. The molecular formula is C18H26N2O. The molecule has 0 bridgehead atoms. The Bertz CT molecular complexity index is 454. The lowest BCUT2D eigenvalue weighted by molar-refractivity contribution is -0.125. The van der Waals surface area contributed by atoms with Crippen molar-refractivity contribution in [2.24, 2.45) is 5.92 Å². The summed E-state index contributed by atoms with van der Waals surface area (Å²) < 4.78 is 0. The first-order valence-corrected chi connectivity index (χ1v) is 8.38. The number of carbonyl (C=O) groups is 1. The van der Waals surface area contributed by atoms with Crippen molar-refractivity contribution in [3.8, 4) is 0 Å². The minimum absolute atomic E-state index is 0.106. The van der Waals surface area contributed by atoms with Crippen molar-refractivity contribution in [2.45, 2.75) is 51.1 Å². The van der Waals surface area contributed by atoms with Gasteiger partial charge in [0.15, 0.2) is 0 Å². The second-order valence-electron chi connectivity index (χ2n) is 6.51. The van der Waals surface area contributed by atoms with E-state index in [4.69, 9.17) is 0 Å². The normalized spacial score (nSPS) is 23.5. The van der Waals surface area contributed by atoms with E-state index in [0.29, 0.717) is 6.54 Å². The number of carbonyl (C=O) groups excluding carboxylic acids is 1. The predicted octanol–water partition coefficient (Wildman–Crippen LogP) is 2.96. The van der Waals surface area contributed by atoms with Crippen LogP contribution < -0.4 is 5.32 Å². The van der Waals surface area contributed by atoms with Gasteiger partial charge in [-0.15, -0.1) is 0 Å². The fourth-order valence-electron chi connectivity index (χ4n) is 3.77. The first-order valence-electron chi connectivity index (χ1n) is 8.38. The summed E-state index contributed by atoms with van der Waals surface area (Å²) in [7, 11) is 0. The van der Waals surface area contributed by atoms with Crippen molar-refractivity contribution in [2.75, 3.05) is 13.1 Å². The Balaban J connectivity index is 1.50. The molecule has 1 saturated heterocycles. The summed E-state index contributed by atoms with van der Waals surface area (Å²) in [6.07, 6.45) is 7.65. The SMILES string of the molecule is O=C(NCc1ccccc1)[C@H]1CCCN1CC1CCCC1. The first kappa shape index (κ1) is 14.6. The first-order chi connectivity index (χ1) is 10.3. The maximum Gasteiger partial charge on any atom is 0.237 e. The fraction of sp³-hybridized carbons (Fsp3) is 0.611. The van der Waals surface area contributed by atoms with Gasteiger partial charge in [-0.3, -0.25) is 9.69 Å². The Labute approximate surface area is 127 Å². The number of rotatable bonds is 5. The Morgan fingerprint density at radius 2 is 1.86 bits per heavy atom. The average molecular weight is 286 g/mol. The van der Waals surface area contributed by atoms with Crippen LogP contribution >= 0.6 is 0 Å². The molecular weight excluding hydrogens is 260 g/mol. The van der Waals surface area contributed by atoms with Gasteiger partial charge in [0.1, 0.15) is 0 Å². The highest BCUT2D eigenvalue weighted by molar-refractivity contribution is 5.82. The Morgan fingerprint density at radius 3 is 2.62 bits per heavy atom. The predicted molar refractivity (Wildman–Crippen MR) is 84.8 cm³/mol. The van der Waals surface area contributed by atoms with E-state index < -0.39 is 0 Å². The second-order valence-corrected chi connectivity index (χ2v) is 6.51. The van der Waals surface area contributed by atoms with Gasteiger partial charge in [0.05, 0.1) is 6.04 Å². The third-order valence-corrected chi connectivity index (χ3v) is 4.94. The van der Waals surface area contributed by atoms with Gasteiger partial charge in [-0.25, -0.2) is 0 Å². The molecule has 1 amide bonds. The molecule has 2 fully saturated rings. The summed E-state index contributed by atoms with van der Waals surface area (Å²) in [5.41, 5.74) is 1.17. The quantitative estimate of drug-likeness (QED) is 0.902. The standard InChI is InChI=1S/C18H26N2O/c21-18(19-13-15-7-2-1-3-8-15)17-11-6-12-20(17)14-16-9-4-5-10-16/h1-3,7-8,16-17H,4-6,9-14H2,(H,19,21)/t17-/m1/s1. The monoisotopic (exact) mass is 286 g/mol. The van der Waals surface area contributed by atoms with Gasteiger partial charge in [-0.05, 0) is 43.7 Å². The molecule has 21 heavy (non-hydrogen) atoms. The summed E-state index contributed by atoms with van der Waals surface area (Å²) in [5.74, 6) is 1.04. The lowest BCUT2D eigenvalue weighted by atomic mass is 10.1. The molecule has 0 spiro atoms. The number of nitrogens with zero attached hydrogens (tertiary/aromatic N) is 1. The minimum atomic E-state index is 0.106. The Morgan fingerprint density at radius 1 is 1.10 bits per heavy atom. The lowest BCUT2D eigenvalue weighted by Gasteiger charge is -2.26. The van der Waals surface area contributed by atoms with Gasteiger partial charge in [-0.1, -0.05) is 43.2 Å². The van der Waals surface area contributed by atoms with Crippen molar-refractivity contribution in [1.82, 2.24) is 10.2 Å². The molecule has 3 nitrogen and oxygen atoms in total. The molecule has 1 aliphatic carbocycles. The van der Waals surface area contributed by atoms with Gasteiger partial charge in [0, 0.05) is 13.1 Å². The topological polar surface area (TPSA) is 32.3 Å². The van der Waals surface area contributed by atoms with Crippen LogP contribution in [0.5, 0.6) is 0 Å². The van der Waals surface area contributed by atoms with Crippen molar-refractivity contribution in [3.63, 3.8) is 0 Å². The minimum Gasteiger partial charge on any atom is -0.351 e. The molecule has 114 valence electrons. The van der Waals surface area contributed by atoms with Gasteiger partial charge < -0.3 is 5.32 Å². The largest absolute Gasteiger partial charge is 0.351 e. The van der Waals surface area contributed by atoms with Gasteiger partial charge >= 0.3 is 0 Å². The summed E-state index contributed by atoms with van der Waals surface area (Å²) in [5, 5.41) is 3.12. The number of likely N-dealkylation sites (tertiary alicyclic amines) is 1. The zero-order chi connectivity index (χ0) is 14.5. The van der Waals surface area contributed by atoms with Crippen LogP contribution in [0, 0.1) is 5.92 Å². The van der Waals surface area contributed by atoms with Gasteiger partial charge in [0.25, 0.3) is 0 Å². The van der Waals surface area contributed by atoms with Crippen molar-refractivity contribution in [3.05, 3.63) is 35.9 Å². The zero-order valence-electron chi connectivity index (χ0n) is 12.8. The average Bonchev–Trinajstić information content (AvgIpc) is 3.18. The summed E-state index contributed by atoms with van der Waals surface area (Å²) >= 11 is 0. The molecule has 0 radical (unpaired) electrons. The van der Waals surface area contributed by atoms with Crippen LogP contribution in [0.2, 0.25) is 0 Å². The number of benzene rings is 1. The van der Waals surface area contributed by atoms with Crippen LogP contribution in [0.15, 0.2) is 30.3 Å². The van der Waals surface area contributed by atoms with E-state index in [1.165, 1.54) is 31.2 Å². The summed E-state index contributed by atoms with van der Waals surface area (Å²) in [6, 6.07) is 10.3. The molecule has 3 heteroatoms. The number of hydrogen-bond acceptors (Lipinski definition) is 2. The van der Waals surface area contributed by atoms with E-state index in [0.717, 1.165) is 31.8 Å². The molecule has 1 N–H and O–H groups in total. The van der Waals surface area contributed by atoms with Gasteiger partial charge in [0.2, 0.25) is 5.91 Å². The highest BCUT2D eigenvalue weighted by Crippen LogP contribution is 2.28. The maximum atomic E-state index is 12.5. The molecule has 1 heterocycles. The van der Waals surface area contributed by atoms with Crippen LogP contribution in [0.25, 0.3) is 0 Å². The molecule has 2 aliphatic rings. The van der Waals surface area contributed by atoms with E-state index in [9.17, 15) is 4.79 Å². The molecule has 0 unspecified atom stereocenters. The third-order valence-electron chi connectivity index (χ3n) is 4.94. The Kier molecular flexibility index (Phi) is 4.91. The maximum absolute atomic E-state index is 12.5. The lowest BCUT2D eigenvalue weighted by Crippen LogP contribution is -2.44. The molecule has 0 aromatic heterocycles. The molecule has 1 aromatic rings. The number of nitrogens with one attached hydrogen (secondary N) is 1. The highest BCUT2D eigenvalue weighted by Gasteiger charge is 2.32. The highest BCUT2D eigenvalue weighted by atomic mass is 16.2. The van der Waals surface area contributed by atoms with Crippen LogP contribution in [0.3, 0.4) is 0 Å². The van der Waals surface area contributed by atoms with E-state index in [1.807, 2.05) is 18.2 Å². The number of amides is 1. The van der Waals surface area contributed by atoms with Crippen molar-refractivity contribution < 1.29 is 4.79 Å². The smallest absolute Gasteiger partial charge is 0.237 e. The van der Waals surface area contributed by atoms with E-state index >= 15 is 0 Å². The number of hydrogen-bond donors (Lipinski definition) is 1. The second kappa shape index (κ2) is 7.08. The fourth-order valence-corrected chi connectivity index (χ4v) is 3.77. The van der Waals surface area contributed by atoms with E-state index in [2.05, 4.69) is 22.3 Å². The molecule has 1 aliphatic heterocycles. The van der Waals surface area contributed by atoms with Crippen molar-refractivity contribution in [1.29, 1.82) is 0 Å². The van der Waals surface area contributed by atoms with Crippen LogP contribution in [-0.4, -0.2) is 29.9 Å².